The van der Waals surface area contributed by atoms with Crippen LogP contribution >= 0.6 is 11.6 Å². The molecule has 0 aliphatic rings. The van der Waals surface area contributed by atoms with Crippen LogP contribution in [-0.2, 0) is 15.8 Å². The molecule has 0 bridgehead atoms. The standard InChI is InChI=1S/C19H13ClFN3O2S/c20-18-7-13(2-3-14(18)8-22)15-6-16(10-24-9-15)17-5-12(1-4-19(17)21)11-27(23,25)26/h1-7,9-10H,11H2,(H2,23,25,26). The molecule has 2 aromatic carbocycles. The summed E-state index contributed by atoms with van der Waals surface area (Å²) < 4.78 is 36.9. The van der Waals surface area contributed by atoms with Crippen molar-refractivity contribution in [2.24, 2.45) is 5.14 Å². The van der Waals surface area contributed by atoms with Gasteiger partial charge in [0.1, 0.15) is 11.9 Å². The Hall–Kier alpha value is -2.79. The van der Waals surface area contributed by atoms with Crippen LogP contribution in [0.2, 0.25) is 5.02 Å². The molecule has 0 atom stereocenters. The van der Waals surface area contributed by atoms with Crippen molar-refractivity contribution in [3.63, 3.8) is 0 Å². The van der Waals surface area contributed by atoms with E-state index in [-0.39, 0.29) is 5.56 Å². The van der Waals surface area contributed by atoms with Gasteiger partial charge in [-0.05, 0) is 41.5 Å². The number of sulfonamides is 1. The number of hydrogen-bond donors (Lipinski definition) is 1. The minimum absolute atomic E-state index is 0.213. The summed E-state index contributed by atoms with van der Waals surface area (Å²) in [6.07, 6.45) is 3.07. The smallest absolute Gasteiger partial charge is 0.213 e. The molecule has 0 radical (unpaired) electrons. The summed E-state index contributed by atoms with van der Waals surface area (Å²) in [4.78, 5) is 4.14. The quantitative estimate of drug-likeness (QED) is 0.717. The number of pyridine rings is 1. The van der Waals surface area contributed by atoms with E-state index in [9.17, 15) is 12.8 Å². The van der Waals surface area contributed by atoms with Gasteiger partial charge >= 0.3 is 0 Å². The minimum Gasteiger partial charge on any atom is -0.263 e. The molecular weight excluding hydrogens is 389 g/mol. The van der Waals surface area contributed by atoms with Crippen molar-refractivity contribution in [1.29, 1.82) is 5.26 Å². The number of rotatable bonds is 4. The highest BCUT2D eigenvalue weighted by molar-refractivity contribution is 7.88. The lowest BCUT2D eigenvalue weighted by Crippen LogP contribution is -2.14. The number of benzene rings is 2. The summed E-state index contributed by atoms with van der Waals surface area (Å²) >= 11 is 6.07. The third-order valence-electron chi connectivity index (χ3n) is 3.87. The van der Waals surface area contributed by atoms with E-state index in [1.165, 1.54) is 24.4 Å². The highest BCUT2D eigenvalue weighted by atomic mass is 35.5. The molecule has 0 saturated carbocycles. The number of hydrogen-bond acceptors (Lipinski definition) is 4. The lowest BCUT2D eigenvalue weighted by molar-refractivity contribution is 0.596. The van der Waals surface area contributed by atoms with E-state index in [0.29, 0.717) is 27.3 Å². The largest absolute Gasteiger partial charge is 0.263 e. The first-order valence-electron chi connectivity index (χ1n) is 7.71. The first-order valence-corrected chi connectivity index (χ1v) is 9.80. The average molecular weight is 402 g/mol. The van der Waals surface area contributed by atoms with Gasteiger partial charge < -0.3 is 0 Å². The van der Waals surface area contributed by atoms with E-state index in [4.69, 9.17) is 22.0 Å². The fraction of sp³-hybridized carbons (Fsp3) is 0.0526. The fourth-order valence-electron chi connectivity index (χ4n) is 2.65. The zero-order valence-corrected chi connectivity index (χ0v) is 15.4. The maximum Gasteiger partial charge on any atom is 0.213 e. The summed E-state index contributed by atoms with van der Waals surface area (Å²) in [6, 6.07) is 12.7. The Morgan fingerprint density at radius 3 is 2.48 bits per heavy atom. The molecule has 3 aromatic rings. The molecule has 0 unspecified atom stereocenters. The molecule has 1 heterocycles. The number of nitrogens with zero attached hydrogens (tertiary/aromatic N) is 2. The van der Waals surface area contributed by atoms with E-state index in [1.54, 1.807) is 30.5 Å². The van der Waals surface area contributed by atoms with Crippen LogP contribution in [0.4, 0.5) is 4.39 Å². The van der Waals surface area contributed by atoms with Crippen LogP contribution in [0.1, 0.15) is 11.1 Å². The number of halogens is 2. The van der Waals surface area contributed by atoms with Gasteiger partial charge in [0.2, 0.25) is 10.0 Å². The Bertz CT molecular complexity index is 1170. The van der Waals surface area contributed by atoms with Crippen molar-refractivity contribution < 1.29 is 12.8 Å². The molecule has 3 rings (SSSR count). The van der Waals surface area contributed by atoms with Gasteiger partial charge in [-0.3, -0.25) is 4.98 Å². The van der Waals surface area contributed by atoms with Gasteiger partial charge in [-0.1, -0.05) is 23.7 Å². The lowest BCUT2D eigenvalue weighted by atomic mass is 10.00. The summed E-state index contributed by atoms with van der Waals surface area (Å²) in [5.41, 5.74) is 2.81. The van der Waals surface area contributed by atoms with Crippen molar-refractivity contribution in [3.05, 3.63) is 76.8 Å². The molecule has 0 aliphatic carbocycles. The first-order chi connectivity index (χ1) is 12.8. The predicted octanol–water partition coefficient (Wildman–Crippen LogP) is 3.87. The predicted molar refractivity (Wildman–Crippen MR) is 102 cm³/mol. The maximum absolute atomic E-state index is 14.3. The van der Waals surface area contributed by atoms with Crippen LogP contribution in [0.25, 0.3) is 22.3 Å². The highest BCUT2D eigenvalue weighted by Crippen LogP contribution is 2.30. The summed E-state index contributed by atoms with van der Waals surface area (Å²) in [5.74, 6) is -0.900. The monoisotopic (exact) mass is 401 g/mol. The molecule has 2 N–H and O–H groups in total. The topological polar surface area (TPSA) is 96.8 Å². The highest BCUT2D eigenvalue weighted by Gasteiger charge is 2.12. The second kappa shape index (κ2) is 7.45. The zero-order valence-electron chi connectivity index (χ0n) is 13.9. The van der Waals surface area contributed by atoms with Gasteiger partial charge in [0.15, 0.2) is 0 Å². The van der Waals surface area contributed by atoms with Gasteiger partial charge in [-0.25, -0.2) is 17.9 Å². The van der Waals surface area contributed by atoms with Gasteiger partial charge in [-0.15, -0.1) is 0 Å². The second-order valence-electron chi connectivity index (χ2n) is 5.89. The molecule has 0 saturated heterocycles. The third-order valence-corrected chi connectivity index (χ3v) is 4.92. The normalized spacial score (nSPS) is 11.2. The van der Waals surface area contributed by atoms with E-state index in [2.05, 4.69) is 4.98 Å². The molecule has 8 heteroatoms. The molecule has 0 aliphatic heterocycles. The summed E-state index contributed by atoms with van der Waals surface area (Å²) in [7, 11) is -3.73. The SMILES string of the molecule is N#Cc1ccc(-c2cncc(-c3cc(CS(N)(=O)=O)ccc3F)c2)cc1Cl. The lowest BCUT2D eigenvalue weighted by Gasteiger charge is -2.09. The molecular formula is C19H13ClFN3O2S. The van der Waals surface area contributed by atoms with Gasteiger partial charge in [0.05, 0.1) is 16.3 Å². The van der Waals surface area contributed by atoms with Crippen LogP contribution in [0.15, 0.2) is 54.9 Å². The Morgan fingerprint density at radius 1 is 1.07 bits per heavy atom. The summed E-state index contributed by atoms with van der Waals surface area (Å²) in [5, 5.41) is 14.3. The van der Waals surface area contributed by atoms with Crippen LogP contribution in [0, 0.1) is 17.1 Å². The van der Waals surface area contributed by atoms with Crippen molar-refractivity contribution in [2.75, 3.05) is 0 Å². The number of primary sulfonamides is 1. The molecule has 0 spiro atoms. The van der Waals surface area contributed by atoms with E-state index in [1.807, 2.05) is 6.07 Å². The Labute approximate surface area is 160 Å². The average Bonchev–Trinajstić information content (AvgIpc) is 2.62. The zero-order chi connectivity index (χ0) is 19.6. The van der Waals surface area contributed by atoms with Crippen LogP contribution in [0.3, 0.4) is 0 Å². The maximum atomic E-state index is 14.3. The first kappa shape index (κ1) is 19.0. The molecule has 1 aromatic heterocycles. The van der Waals surface area contributed by atoms with Crippen molar-refractivity contribution in [1.82, 2.24) is 4.98 Å². The Morgan fingerprint density at radius 2 is 1.81 bits per heavy atom. The number of aromatic nitrogens is 1. The van der Waals surface area contributed by atoms with Crippen molar-refractivity contribution >= 4 is 21.6 Å². The van der Waals surface area contributed by atoms with Crippen molar-refractivity contribution in [3.8, 4) is 28.3 Å². The van der Waals surface area contributed by atoms with Crippen LogP contribution in [0.5, 0.6) is 0 Å². The number of nitrogens with two attached hydrogens (primary N) is 1. The molecule has 0 amide bonds. The molecule has 5 nitrogen and oxygen atoms in total. The molecule has 136 valence electrons. The van der Waals surface area contributed by atoms with Crippen LogP contribution < -0.4 is 5.14 Å². The Kier molecular flexibility index (Phi) is 5.24. The van der Waals surface area contributed by atoms with Gasteiger partial charge in [0, 0.05) is 29.1 Å². The van der Waals surface area contributed by atoms with Crippen molar-refractivity contribution in [2.45, 2.75) is 5.75 Å². The minimum atomic E-state index is -3.73. The van der Waals surface area contributed by atoms with E-state index in [0.717, 1.165) is 5.56 Å². The number of nitriles is 1. The van der Waals surface area contributed by atoms with Gasteiger partial charge in [0.25, 0.3) is 0 Å². The molecule has 27 heavy (non-hydrogen) atoms. The van der Waals surface area contributed by atoms with E-state index < -0.39 is 21.6 Å². The second-order valence-corrected chi connectivity index (χ2v) is 7.91. The van der Waals surface area contributed by atoms with Gasteiger partial charge in [-0.2, -0.15) is 5.26 Å². The van der Waals surface area contributed by atoms with Crippen LogP contribution in [-0.4, -0.2) is 13.4 Å². The van der Waals surface area contributed by atoms with E-state index >= 15 is 0 Å². The fourth-order valence-corrected chi connectivity index (χ4v) is 3.51. The Balaban J connectivity index is 2.05. The molecule has 0 fully saturated rings. The summed E-state index contributed by atoms with van der Waals surface area (Å²) in [6.45, 7) is 0. The third kappa shape index (κ3) is 4.49.